The second-order valence-corrected chi connectivity index (χ2v) is 5.24. The molecule has 1 fully saturated rings. The van der Waals surface area contributed by atoms with Crippen LogP contribution in [-0.2, 0) is 12.8 Å². The molecule has 2 N–H and O–H groups in total. The average Bonchev–Trinajstić information content (AvgIpc) is 2.93. The van der Waals surface area contributed by atoms with Crippen molar-refractivity contribution < 1.29 is 5.11 Å². The Hall–Kier alpha value is -1.22. The molecule has 2 aliphatic heterocycles. The van der Waals surface area contributed by atoms with Crippen molar-refractivity contribution in [1.82, 2.24) is 5.32 Å². The van der Waals surface area contributed by atoms with Gasteiger partial charge < -0.3 is 15.3 Å². The summed E-state index contributed by atoms with van der Waals surface area (Å²) in [7, 11) is 2.09. The van der Waals surface area contributed by atoms with Gasteiger partial charge in [-0.05, 0) is 43.9 Å². The Labute approximate surface area is 102 Å². The molecule has 1 atom stereocenters. The Morgan fingerprint density at radius 2 is 2.35 bits per heavy atom. The highest BCUT2D eigenvalue weighted by molar-refractivity contribution is 5.64. The number of phenolic OH excluding ortho intramolecular Hbond substituents is 1. The normalized spacial score (nSPS) is 23.1. The number of hydrogen-bond acceptors (Lipinski definition) is 3. The third kappa shape index (κ3) is 1.89. The van der Waals surface area contributed by atoms with E-state index in [1.807, 2.05) is 0 Å². The molecule has 3 rings (SSSR count). The molecule has 1 unspecified atom stereocenters. The van der Waals surface area contributed by atoms with Gasteiger partial charge in [-0.2, -0.15) is 0 Å². The van der Waals surface area contributed by atoms with Gasteiger partial charge in [-0.3, -0.25) is 0 Å². The van der Waals surface area contributed by atoms with Crippen LogP contribution < -0.4 is 10.2 Å². The van der Waals surface area contributed by atoms with Gasteiger partial charge >= 0.3 is 0 Å². The molecule has 17 heavy (non-hydrogen) atoms. The zero-order valence-corrected chi connectivity index (χ0v) is 10.4. The van der Waals surface area contributed by atoms with E-state index in [1.165, 1.54) is 18.5 Å². The molecule has 0 amide bonds. The van der Waals surface area contributed by atoms with E-state index < -0.39 is 0 Å². The highest BCUT2D eigenvalue weighted by Gasteiger charge is 2.23. The largest absolute Gasteiger partial charge is 0.507 e. The molecule has 2 heterocycles. The lowest BCUT2D eigenvalue weighted by atomic mass is 9.99. The van der Waals surface area contributed by atoms with Crippen LogP contribution in [0.4, 0.5) is 5.69 Å². The minimum atomic E-state index is 0.542. The number of nitrogens with zero attached hydrogens (tertiary/aromatic N) is 1. The van der Waals surface area contributed by atoms with Crippen LogP contribution in [0.15, 0.2) is 12.1 Å². The Bertz CT molecular complexity index is 424. The van der Waals surface area contributed by atoms with Gasteiger partial charge in [0, 0.05) is 30.9 Å². The van der Waals surface area contributed by atoms with E-state index in [4.69, 9.17) is 0 Å². The summed E-state index contributed by atoms with van der Waals surface area (Å²) in [5.41, 5.74) is 3.45. The van der Waals surface area contributed by atoms with Crippen molar-refractivity contribution in [3.05, 3.63) is 23.3 Å². The molecule has 0 saturated carbocycles. The number of rotatable bonds is 2. The van der Waals surface area contributed by atoms with Crippen molar-refractivity contribution in [2.45, 2.75) is 31.7 Å². The first kappa shape index (κ1) is 10.9. The van der Waals surface area contributed by atoms with Crippen LogP contribution in [0.25, 0.3) is 0 Å². The molecule has 0 radical (unpaired) electrons. The van der Waals surface area contributed by atoms with Gasteiger partial charge in [0.05, 0.1) is 0 Å². The van der Waals surface area contributed by atoms with Crippen LogP contribution in [0.3, 0.4) is 0 Å². The number of phenols is 1. The molecule has 2 aliphatic rings. The lowest BCUT2D eigenvalue weighted by Gasteiger charge is -2.16. The molecule has 3 nitrogen and oxygen atoms in total. The third-order valence-electron chi connectivity index (χ3n) is 4.08. The van der Waals surface area contributed by atoms with E-state index >= 15 is 0 Å². The van der Waals surface area contributed by atoms with Crippen molar-refractivity contribution in [3.63, 3.8) is 0 Å². The topological polar surface area (TPSA) is 35.5 Å². The predicted molar refractivity (Wildman–Crippen MR) is 69.8 cm³/mol. The predicted octanol–water partition coefficient (Wildman–Crippen LogP) is 1.68. The van der Waals surface area contributed by atoms with Gasteiger partial charge in [0.2, 0.25) is 0 Å². The number of aromatic hydroxyl groups is 1. The molecule has 0 spiro atoms. The first-order valence-electron chi connectivity index (χ1n) is 6.54. The first-order chi connectivity index (χ1) is 8.25. The van der Waals surface area contributed by atoms with Gasteiger partial charge in [0.1, 0.15) is 5.75 Å². The van der Waals surface area contributed by atoms with Crippen molar-refractivity contribution in [2.75, 3.05) is 25.0 Å². The zero-order chi connectivity index (χ0) is 11.8. The molecule has 0 aromatic heterocycles. The van der Waals surface area contributed by atoms with Crippen molar-refractivity contribution >= 4 is 5.69 Å². The van der Waals surface area contributed by atoms with Crippen LogP contribution >= 0.6 is 0 Å². The summed E-state index contributed by atoms with van der Waals surface area (Å²) in [4.78, 5) is 2.21. The number of nitrogens with one attached hydrogen (secondary N) is 1. The molecule has 1 aromatic carbocycles. The molecule has 3 heteroatoms. The lowest BCUT2D eigenvalue weighted by molar-refractivity contribution is 0.457. The molecule has 0 aliphatic carbocycles. The van der Waals surface area contributed by atoms with Crippen molar-refractivity contribution in [3.8, 4) is 5.75 Å². The maximum absolute atomic E-state index is 10.3. The standard InChI is InChI=1S/C14H20N2O/c1-16-8-6-12-13(16)5-4-10(14(12)17)9-11-3-2-7-15-11/h4-5,11,15,17H,2-3,6-9H2,1H3. The van der Waals surface area contributed by atoms with Crippen molar-refractivity contribution in [1.29, 1.82) is 0 Å². The fourth-order valence-corrected chi connectivity index (χ4v) is 3.04. The number of likely N-dealkylation sites (N-methyl/N-ethyl adjacent to an activating group) is 1. The zero-order valence-electron chi connectivity index (χ0n) is 10.4. The fourth-order valence-electron chi connectivity index (χ4n) is 3.04. The summed E-state index contributed by atoms with van der Waals surface area (Å²) in [6.07, 6.45) is 4.43. The summed E-state index contributed by atoms with van der Waals surface area (Å²) in [6.45, 7) is 2.15. The summed E-state index contributed by atoms with van der Waals surface area (Å²) >= 11 is 0. The second-order valence-electron chi connectivity index (χ2n) is 5.24. The highest BCUT2D eigenvalue weighted by Crippen LogP contribution is 2.36. The first-order valence-corrected chi connectivity index (χ1v) is 6.54. The van der Waals surface area contributed by atoms with Crippen LogP contribution in [-0.4, -0.2) is 31.3 Å². The summed E-state index contributed by atoms with van der Waals surface area (Å²) in [5.74, 6) is 0.542. The van der Waals surface area contributed by atoms with Gasteiger partial charge in [0.15, 0.2) is 0 Å². The maximum atomic E-state index is 10.3. The summed E-state index contributed by atoms with van der Waals surface area (Å²) in [5, 5.41) is 13.8. The summed E-state index contributed by atoms with van der Waals surface area (Å²) < 4.78 is 0. The molecule has 1 aromatic rings. The van der Waals surface area contributed by atoms with Crippen LogP contribution in [0, 0.1) is 0 Å². The SMILES string of the molecule is CN1CCc2c1ccc(CC1CCCN1)c2O. The minimum absolute atomic E-state index is 0.542. The number of benzene rings is 1. The maximum Gasteiger partial charge on any atom is 0.124 e. The van der Waals surface area contributed by atoms with Gasteiger partial charge in [0.25, 0.3) is 0 Å². The van der Waals surface area contributed by atoms with E-state index in [9.17, 15) is 5.11 Å². The minimum Gasteiger partial charge on any atom is -0.507 e. The lowest BCUT2D eigenvalue weighted by Crippen LogP contribution is -2.23. The number of anilines is 1. The quantitative estimate of drug-likeness (QED) is 0.814. The van der Waals surface area contributed by atoms with Crippen molar-refractivity contribution in [2.24, 2.45) is 0 Å². The Morgan fingerprint density at radius 3 is 3.12 bits per heavy atom. The highest BCUT2D eigenvalue weighted by atomic mass is 16.3. The Balaban J connectivity index is 1.86. The number of fused-ring (bicyclic) bond motifs is 1. The van der Waals surface area contributed by atoms with E-state index in [1.54, 1.807) is 0 Å². The van der Waals surface area contributed by atoms with Crippen LogP contribution in [0.5, 0.6) is 5.75 Å². The molecule has 0 bridgehead atoms. The van der Waals surface area contributed by atoms with Gasteiger partial charge in [-0.1, -0.05) is 6.07 Å². The smallest absolute Gasteiger partial charge is 0.124 e. The molecule has 1 saturated heterocycles. The van der Waals surface area contributed by atoms with E-state index in [0.717, 1.165) is 37.1 Å². The molecular weight excluding hydrogens is 212 g/mol. The van der Waals surface area contributed by atoms with Gasteiger partial charge in [-0.25, -0.2) is 0 Å². The van der Waals surface area contributed by atoms with Gasteiger partial charge in [-0.15, -0.1) is 0 Å². The fraction of sp³-hybridized carbons (Fsp3) is 0.571. The second kappa shape index (κ2) is 4.22. The van der Waals surface area contributed by atoms with E-state index in [2.05, 4.69) is 29.4 Å². The molecule has 92 valence electrons. The van der Waals surface area contributed by atoms with Crippen LogP contribution in [0.2, 0.25) is 0 Å². The van der Waals surface area contributed by atoms with Crippen LogP contribution in [0.1, 0.15) is 24.0 Å². The van der Waals surface area contributed by atoms with E-state index in [0.29, 0.717) is 11.8 Å². The number of hydrogen-bond donors (Lipinski definition) is 2. The monoisotopic (exact) mass is 232 g/mol. The Morgan fingerprint density at radius 1 is 1.47 bits per heavy atom. The van der Waals surface area contributed by atoms with E-state index in [-0.39, 0.29) is 0 Å². The average molecular weight is 232 g/mol. The summed E-state index contributed by atoms with van der Waals surface area (Å²) in [6, 6.07) is 4.81. The Kier molecular flexibility index (Phi) is 2.71. The third-order valence-corrected chi connectivity index (χ3v) is 4.08. The molecular formula is C14H20N2O.